The molecule has 0 fully saturated rings. The number of hydrogen-bond donors (Lipinski definition) is 1. The van der Waals surface area contributed by atoms with Gasteiger partial charge in [-0.1, -0.05) is 28.9 Å². The molecule has 1 amide bonds. The summed E-state index contributed by atoms with van der Waals surface area (Å²) in [6.07, 6.45) is 2.81. The van der Waals surface area contributed by atoms with Gasteiger partial charge in [-0.3, -0.25) is 15.1 Å². The molecular weight excluding hydrogens is 336 g/mol. The molecule has 3 aromatic rings. The molecule has 6 nitrogen and oxygen atoms in total. The molecule has 0 aliphatic heterocycles. The zero-order valence-corrected chi connectivity index (χ0v) is 14.6. The number of aromatic nitrogens is 3. The summed E-state index contributed by atoms with van der Waals surface area (Å²) in [5.41, 5.74) is 1.82. The zero-order valence-electron chi connectivity index (χ0n) is 13.8. The molecule has 7 heteroatoms. The van der Waals surface area contributed by atoms with Crippen LogP contribution in [0.15, 0.2) is 58.0 Å². The minimum atomic E-state index is -0.138. The first-order chi connectivity index (χ1) is 12.2. The second-order valence-electron chi connectivity index (χ2n) is 5.44. The van der Waals surface area contributed by atoms with Gasteiger partial charge in [0.2, 0.25) is 5.91 Å². The average Bonchev–Trinajstić information content (AvgIpc) is 3.09. The van der Waals surface area contributed by atoms with E-state index in [9.17, 15) is 4.79 Å². The Morgan fingerprint density at radius 1 is 1.16 bits per heavy atom. The summed E-state index contributed by atoms with van der Waals surface area (Å²) in [6.45, 7) is 2.07. The van der Waals surface area contributed by atoms with Crippen LogP contribution in [0.5, 0.6) is 0 Å². The molecule has 1 aromatic carbocycles. The predicted molar refractivity (Wildman–Crippen MR) is 97.3 cm³/mol. The third-order valence-electron chi connectivity index (χ3n) is 3.39. The number of benzene rings is 1. The number of rotatable bonds is 7. The highest BCUT2D eigenvalue weighted by Gasteiger charge is 2.11. The van der Waals surface area contributed by atoms with Crippen molar-refractivity contribution in [3.05, 3.63) is 54.2 Å². The van der Waals surface area contributed by atoms with E-state index >= 15 is 0 Å². The first-order valence-corrected chi connectivity index (χ1v) is 8.93. The smallest absolute Gasteiger partial charge is 0.322 e. The van der Waals surface area contributed by atoms with Crippen molar-refractivity contribution in [2.75, 3.05) is 11.1 Å². The highest BCUT2D eigenvalue weighted by atomic mass is 32.2. The standard InChI is InChI=1S/C18H18N4O2S/c1-13-7-9-14(10-8-13)25-12-4-6-16(23)20-18-22-21-17(24-18)15-5-2-3-11-19-15/h2-3,5,7-11H,4,6,12H2,1H3,(H,20,22,23). The minimum Gasteiger partial charge on any atom is -0.401 e. The van der Waals surface area contributed by atoms with Crippen LogP contribution in [0.25, 0.3) is 11.6 Å². The van der Waals surface area contributed by atoms with Gasteiger partial charge in [-0.25, -0.2) is 0 Å². The lowest BCUT2D eigenvalue weighted by Crippen LogP contribution is -2.11. The SMILES string of the molecule is Cc1ccc(SCCCC(=O)Nc2nnc(-c3ccccn3)o2)cc1. The number of anilines is 1. The van der Waals surface area contributed by atoms with Gasteiger partial charge in [0.25, 0.3) is 5.89 Å². The molecule has 1 N–H and O–H groups in total. The van der Waals surface area contributed by atoms with Crippen molar-refractivity contribution >= 4 is 23.7 Å². The molecule has 2 aromatic heterocycles. The van der Waals surface area contributed by atoms with Crippen LogP contribution in [-0.4, -0.2) is 26.8 Å². The Kier molecular flexibility index (Phi) is 5.79. The maximum absolute atomic E-state index is 12.0. The number of thioether (sulfide) groups is 1. The van der Waals surface area contributed by atoms with Crippen LogP contribution in [0.4, 0.5) is 6.01 Å². The van der Waals surface area contributed by atoms with Gasteiger partial charge in [0.1, 0.15) is 5.69 Å². The fourth-order valence-corrected chi connectivity index (χ4v) is 2.96. The summed E-state index contributed by atoms with van der Waals surface area (Å²) in [5, 5.41) is 10.3. The Balaban J connectivity index is 1.42. The van der Waals surface area contributed by atoms with E-state index in [1.807, 2.05) is 6.07 Å². The molecule has 0 radical (unpaired) electrons. The van der Waals surface area contributed by atoms with Crippen LogP contribution in [-0.2, 0) is 4.79 Å². The molecule has 25 heavy (non-hydrogen) atoms. The summed E-state index contributed by atoms with van der Waals surface area (Å²) < 4.78 is 5.41. The first kappa shape index (κ1) is 17.2. The molecule has 0 saturated heterocycles. The topological polar surface area (TPSA) is 80.9 Å². The Morgan fingerprint density at radius 2 is 2.00 bits per heavy atom. The van der Waals surface area contributed by atoms with Gasteiger partial charge in [-0.05, 0) is 43.4 Å². The fourth-order valence-electron chi connectivity index (χ4n) is 2.11. The largest absolute Gasteiger partial charge is 0.401 e. The summed E-state index contributed by atoms with van der Waals surface area (Å²) in [7, 11) is 0. The van der Waals surface area contributed by atoms with Crippen LogP contribution < -0.4 is 5.32 Å². The van der Waals surface area contributed by atoms with Gasteiger partial charge < -0.3 is 4.42 Å². The highest BCUT2D eigenvalue weighted by molar-refractivity contribution is 7.99. The Hall–Kier alpha value is -2.67. The second kappa shape index (κ2) is 8.43. The Labute approximate surface area is 150 Å². The van der Waals surface area contributed by atoms with E-state index < -0.39 is 0 Å². The van der Waals surface area contributed by atoms with Crippen LogP contribution in [0.3, 0.4) is 0 Å². The maximum Gasteiger partial charge on any atom is 0.322 e. The first-order valence-electron chi connectivity index (χ1n) is 7.95. The summed E-state index contributed by atoms with van der Waals surface area (Å²) in [5.74, 6) is 1.02. The number of carbonyl (C=O) groups is 1. The highest BCUT2D eigenvalue weighted by Crippen LogP contribution is 2.20. The van der Waals surface area contributed by atoms with Crippen molar-refractivity contribution in [2.45, 2.75) is 24.7 Å². The van der Waals surface area contributed by atoms with Crippen LogP contribution in [0.1, 0.15) is 18.4 Å². The third kappa shape index (κ3) is 5.15. The molecule has 0 bridgehead atoms. The number of pyridine rings is 1. The summed E-state index contributed by atoms with van der Waals surface area (Å²) in [4.78, 5) is 17.3. The summed E-state index contributed by atoms with van der Waals surface area (Å²) in [6, 6.07) is 13.9. The zero-order chi connectivity index (χ0) is 17.5. The maximum atomic E-state index is 12.0. The van der Waals surface area contributed by atoms with Gasteiger partial charge in [0.05, 0.1) is 0 Å². The average molecular weight is 354 g/mol. The molecule has 0 saturated carbocycles. The number of nitrogens with one attached hydrogen (secondary N) is 1. The van der Waals surface area contributed by atoms with E-state index in [1.54, 1.807) is 30.1 Å². The van der Waals surface area contributed by atoms with Gasteiger partial charge in [-0.15, -0.1) is 16.9 Å². The van der Waals surface area contributed by atoms with Crippen molar-refractivity contribution in [1.82, 2.24) is 15.2 Å². The Bertz CT molecular complexity index is 819. The number of nitrogens with zero attached hydrogens (tertiary/aromatic N) is 3. The number of carbonyl (C=O) groups excluding carboxylic acids is 1. The predicted octanol–water partition coefficient (Wildman–Crippen LogP) is 3.95. The third-order valence-corrected chi connectivity index (χ3v) is 4.49. The van der Waals surface area contributed by atoms with E-state index in [2.05, 4.69) is 51.7 Å². The van der Waals surface area contributed by atoms with Crippen LogP contribution >= 0.6 is 11.8 Å². The van der Waals surface area contributed by atoms with Gasteiger partial charge in [0, 0.05) is 17.5 Å². The molecule has 128 valence electrons. The molecule has 0 atom stereocenters. The number of hydrogen-bond acceptors (Lipinski definition) is 6. The number of amides is 1. The van der Waals surface area contributed by atoms with E-state index in [-0.39, 0.29) is 17.8 Å². The van der Waals surface area contributed by atoms with Crippen LogP contribution in [0.2, 0.25) is 0 Å². The second-order valence-corrected chi connectivity index (χ2v) is 6.61. The van der Waals surface area contributed by atoms with Crippen molar-refractivity contribution < 1.29 is 9.21 Å². The van der Waals surface area contributed by atoms with E-state index in [4.69, 9.17) is 4.42 Å². The number of aryl methyl sites for hydroxylation is 1. The van der Waals surface area contributed by atoms with Gasteiger partial charge in [0.15, 0.2) is 0 Å². The molecular formula is C18H18N4O2S. The molecule has 0 aliphatic rings. The fraction of sp³-hybridized carbons (Fsp3) is 0.222. The molecule has 2 heterocycles. The molecule has 0 aliphatic carbocycles. The van der Waals surface area contributed by atoms with Crippen LogP contribution in [0, 0.1) is 6.92 Å². The van der Waals surface area contributed by atoms with Crippen molar-refractivity contribution in [3.63, 3.8) is 0 Å². The Morgan fingerprint density at radius 3 is 2.76 bits per heavy atom. The van der Waals surface area contributed by atoms with Crippen molar-refractivity contribution in [3.8, 4) is 11.6 Å². The lowest BCUT2D eigenvalue weighted by Gasteiger charge is -2.02. The summed E-state index contributed by atoms with van der Waals surface area (Å²) >= 11 is 1.74. The van der Waals surface area contributed by atoms with E-state index in [1.165, 1.54) is 10.5 Å². The normalized spacial score (nSPS) is 10.6. The molecule has 0 unspecified atom stereocenters. The van der Waals surface area contributed by atoms with E-state index in [0.717, 1.165) is 12.2 Å². The quantitative estimate of drug-likeness (QED) is 0.511. The molecule has 3 rings (SSSR count). The molecule has 0 spiro atoms. The van der Waals surface area contributed by atoms with Crippen molar-refractivity contribution in [2.24, 2.45) is 0 Å². The van der Waals surface area contributed by atoms with Gasteiger partial charge in [-0.2, -0.15) is 0 Å². The monoisotopic (exact) mass is 354 g/mol. The lowest BCUT2D eigenvalue weighted by molar-refractivity contribution is -0.116. The van der Waals surface area contributed by atoms with E-state index in [0.29, 0.717) is 12.1 Å². The lowest BCUT2D eigenvalue weighted by atomic mass is 10.2. The minimum absolute atomic E-state index is 0.0943. The van der Waals surface area contributed by atoms with Crippen molar-refractivity contribution in [1.29, 1.82) is 0 Å². The van der Waals surface area contributed by atoms with Gasteiger partial charge >= 0.3 is 6.01 Å².